The van der Waals surface area contributed by atoms with Gasteiger partial charge in [-0.3, -0.25) is 0 Å². The largest absolute Gasteiger partial charge is 0.496 e. The second kappa shape index (κ2) is 4.42. The number of hydrogen-bond acceptors (Lipinski definition) is 4. The number of nitrogens with zero attached hydrogens (tertiary/aromatic N) is 1. The first-order valence-electron chi connectivity index (χ1n) is 5.17. The van der Waals surface area contributed by atoms with Crippen LogP contribution in [0.5, 0.6) is 11.5 Å². The molecule has 1 saturated heterocycles. The molecule has 1 aromatic rings. The molecule has 1 heterocycles. The third-order valence-corrected chi connectivity index (χ3v) is 2.89. The molecule has 4 nitrogen and oxygen atoms in total. The fourth-order valence-corrected chi connectivity index (χ4v) is 1.84. The van der Waals surface area contributed by atoms with Crippen LogP contribution in [0.1, 0.15) is 17.0 Å². The Kier molecular flexibility index (Phi) is 2.97. The first kappa shape index (κ1) is 10.8. The van der Waals surface area contributed by atoms with Crippen molar-refractivity contribution in [2.75, 3.05) is 27.3 Å². The molecule has 1 aliphatic heterocycles. The van der Waals surface area contributed by atoms with Crippen LogP contribution < -0.4 is 14.8 Å². The number of nitriles is 1. The minimum absolute atomic E-state index is 0.455. The van der Waals surface area contributed by atoms with Gasteiger partial charge in [-0.2, -0.15) is 5.26 Å². The van der Waals surface area contributed by atoms with Crippen molar-refractivity contribution in [2.24, 2.45) is 0 Å². The smallest absolute Gasteiger partial charge is 0.137 e. The maximum absolute atomic E-state index is 8.97. The summed E-state index contributed by atoms with van der Waals surface area (Å²) >= 11 is 0. The maximum Gasteiger partial charge on any atom is 0.137 e. The van der Waals surface area contributed by atoms with Gasteiger partial charge in [-0.25, -0.2) is 0 Å². The lowest BCUT2D eigenvalue weighted by Crippen LogP contribution is -2.40. The van der Waals surface area contributed by atoms with E-state index in [0.717, 1.165) is 24.4 Å². The highest BCUT2D eigenvalue weighted by atomic mass is 16.5. The van der Waals surface area contributed by atoms with E-state index in [2.05, 4.69) is 11.4 Å². The molecule has 0 spiro atoms. The van der Waals surface area contributed by atoms with Crippen molar-refractivity contribution in [3.63, 3.8) is 0 Å². The number of methoxy groups -OCH3 is 2. The predicted molar refractivity (Wildman–Crippen MR) is 59.9 cm³/mol. The Labute approximate surface area is 94.8 Å². The van der Waals surface area contributed by atoms with Gasteiger partial charge in [0.25, 0.3) is 0 Å². The molecule has 1 aromatic carbocycles. The molecule has 0 radical (unpaired) electrons. The lowest BCUT2D eigenvalue weighted by Gasteiger charge is -2.29. The van der Waals surface area contributed by atoms with E-state index in [0.29, 0.717) is 17.2 Å². The van der Waals surface area contributed by atoms with Gasteiger partial charge in [0, 0.05) is 30.6 Å². The monoisotopic (exact) mass is 218 g/mol. The van der Waals surface area contributed by atoms with Crippen LogP contribution in [0.15, 0.2) is 12.1 Å². The Bertz CT molecular complexity index is 433. The summed E-state index contributed by atoms with van der Waals surface area (Å²) in [6.07, 6.45) is 0. The fraction of sp³-hybridized carbons (Fsp3) is 0.417. The van der Waals surface area contributed by atoms with Gasteiger partial charge in [-0.15, -0.1) is 0 Å². The summed E-state index contributed by atoms with van der Waals surface area (Å²) in [5.41, 5.74) is 1.62. The summed E-state index contributed by atoms with van der Waals surface area (Å²) < 4.78 is 10.5. The third kappa shape index (κ3) is 1.70. The number of nitrogens with one attached hydrogen (secondary N) is 1. The highest BCUT2D eigenvalue weighted by Crippen LogP contribution is 2.34. The average molecular weight is 218 g/mol. The zero-order valence-corrected chi connectivity index (χ0v) is 9.41. The van der Waals surface area contributed by atoms with Crippen LogP contribution in [-0.2, 0) is 0 Å². The molecule has 0 bridgehead atoms. The van der Waals surface area contributed by atoms with E-state index >= 15 is 0 Å². The first-order valence-corrected chi connectivity index (χ1v) is 5.17. The molecule has 0 amide bonds. The third-order valence-electron chi connectivity index (χ3n) is 2.89. The summed E-state index contributed by atoms with van der Waals surface area (Å²) in [5.74, 6) is 1.84. The standard InChI is InChI=1S/C12H14N2O2/c1-15-11-4-10(9-6-14-7-9)12(16-2)3-8(11)5-13/h3-4,9,14H,6-7H2,1-2H3. The topological polar surface area (TPSA) is 54.3 Å². The van der Waals surface area contributed by atoms with Crippen molar-refractivity contribution in [1.82, 2.24) is 5.32 Å². The van der Waals surface area contributed by atoms with Crippen LogP contribution in [0, 0.1) is 11.3 Å². The van der Waals surface area contributed by atoms with Crippen molar-refractivity contribution < 1.29 is 9.47 Å². The second-order valence-corrected chi connectivity index (χ2v) is 3.76. The van der Waals surface area contributed by atoms with Gasteiger partial charge in [-0.05, 0) is 6.07 Å². The molecule has 0 unspecified atom stereocenters. The van der Waals surface area contributed by atoms with E-state index in [1.807, 2.05) is 6.07 Å². The van der Waals surface area contributed by atoms with Crippen molar-refractivity contribution in [3.05, 3.63) is 23.3 Å². The van der Waals surface area contributed by atoms with E-state index in [1.54, 1.807) is 20.3 Å². The zero-order chi connectivity index (χ0) is 11.5. The molecule has 1 fully saturated rings. The zero-order valence-electron chi connectivity index (χ0n) is 9.41. The average Bonchev–Trinajstić information content (AvgIpc) is 2.26. The Balaban J connectivity index is 2.46. The van der Waals surface area contributed by atoms with Crippen LogP contribution >= 0.6 is 0 Å². The van der Waals surface area contributed by atoms with Gasteiger partial charge < -0.3 is 14.8 Å². The molecule has 1 aliphatic rings. The highest BCUT2D eigenvalue weighted by Gasteiger charge is 2.24. The first-order chi connectivity index (χ1) is 7.80. The van der Waals surface area contributed by atoms with Crippen molar-refractivity contribution >= 4 is 0 Å². The van der Waals surface area contributed by atoms with Crippen LogP contribution in [0.25, 0.3) is 0 Å². The molecular formula is C12H14N2O2. The Morgan fingerprint density at radius 3 is 2.38 bits per heavy atom. The molecule has 1 N–H and O–H groups in total. The van der Waals surface area contributed by atoms with Crippen LogP contribution in [0.2, 0.25) is 0 Å². The van der Waals surface area contributed by atoms with E-state index in [9.17, 15) is 0 Å². The quantitative estimate of drug-likeness (QED) is 0.830. The van der Waals surface area contributed by atoms with Gasteiger partial charge in [0.2, 0.25) is 0 Å². The van der Waals surface area contributed by atoms with Gasteiger partial charge in [0.05, 0.1) is 19.8 Å². The Morgan fingerprint density at radius 2 is 1.94 bits per heavy atom. The van der Waals surface area contributed by atoms with Crippen molar-refractivity contribution in [1.29, 1.82) is 5.26 Å². The molecule has 0 atom stereocenters. The van der Waals surface area contributed by atoms with Crippen LogP contribution in [-0.4, -0.2) is 27.3 Å². The summed E-state index contributed by atoms with van der Waals surface area (Å²) in [6.45, 7) is 1.90. The summed E-state index contributed by atoms with van der Waals surface area (Å²) in [5, 5.41) is 12.2. The number of benzene rings is 1. The molecule has 0 aromatic heterocycles. The molecule has 4 heteroatoms. The van der Waals surface area contributed by atoms with E-state index in [4.69, 9.17) is 14.7 Å². The SMILES string of the molecule is COc1cc(C2CNC2)c(OC)cc1C#N. The van der Waals surface area contributed by atoms with Crippen LogP contribution in [0.4, 0.5) is 0 Å². The molecule has 0 aliphatic carbocycles. The van der Waals surface area contributed by atoms with Gasteiger partial charge >= 0.3 is 0 Å². The molecule has 2 rings (SSSR count). The summed E-state index contributed by atoms with van der Waals surface area (Å²) in [4.78, 5) is 0. The minimum Gasteiger partial charge on any atom is -0.496 e. The van der Waals surface area contributed by atoms with Gasteiger partial charge in [-0.1, -0.05) is 0 Å². The molecular weight excluding hydrogens is 204 g/mol. The summed E-state index contributed by atoms with van der Waals surface area (Å²) in [6, 6.07) is 5.75. The number of ether oxygens (including phenoxy) is 2. The van der Waals surface area contributed by atoms with Crippen LogP contribution in [0.3, 0.4) is 0 Å². The Hall–Kier alpha value is -1.73. The predicted octanol–water partition coefficient (Wildman–Crippen LogP) is 1.26. The number of rotatable bonds is 3. The number of hydrogen-bond donors (Lipinski definition) is 1. The van der Waals surface area contributed by atoms with Gasteiger partial charge in [0.1, 0.15) is 17.6 Å². The maximum atomic E-state index is 8.97. The minimum atomic E-state index is 0.455. The molecule has 84 valence electrons. The van der Waals surface area contributed by atoms with Crippen molar-refractivity contribution in [2.45, 2.75) is 5.92 Å². The van der Waals surface area contributed by atoms with E-state index < -0.39 is 0 Å². The lowest BCUT2D eigenvalue weighted by molar-refractivity contribution is 0.377. The molecule has 0 saturated carbocycles. The second-order valence-electron chi connectivity index (χ2n) is 3.76. The van der Waals surface area contributed by atoms with Crippen molar-refractivity contribution in [3.8, 4) is 17.6 Å². The molecule has 16 heavy (non-hydrogen) atoms. The summed E-state index contributed by atoms with van der Waals surface area (Å²) in [7, 11) is 3.20. The van der Waals surface area contributed by atoms with Gasteiger partial charge in [0.15, 0.2) is 0 Å². The Morgan fingerprint density at radius 1 is 1.25 bits per heavy atom. The fourth-order valence-electron chi connectivity index (χ4n) is 1.84. The lowest BCUT2D eigenvalue weighted by atomic mass is 9.91. The normalized spacial score (nSPS) is 15.1. The van der Waals surface area contributed by atoms with E-state index in [-0.39, 0.29) is 0 Å². The van der Waals surface area contributed by atoms with E-state index in [1.165, 1.54) is 0 Å². The highest BCUT2D eigenvalue weighted by molar-refractivity contribution is 5.53.